The van der Waals surface area contributed by atoms with Crippen LogP contribution in [-0.2, 0) is 4.79 Å². The summed E-state index contributed by atoms with van der Waals surface area (Å²) in [6.45, 7) is 6.12. The first-order valence-electron chi connectivity index (χ1n) is 7.20. The molecule has 1 aromatic carbocycles. The number of benzene rings is 1. The Balaban J connectivity index is 2.05. The Morgan fingerprint density at radius 3 is 2.52 bits per heavy atom. The van der Waals surface area contributed by atoms with Gasteiger partial charge in [0.2, 0.25) is 5.91 Å². The lowest BCUT2D eigenvalue weighted by atomic mass is 10.2. The van der Waals surface area contributed by atoms with Crippen LogP contribution in [0.15, 0.2) is 29.4 Å². The van der Waals surface area contributed by atoms with Gasteiger partial charge >= 0.3 is 6.03 Å². The van der Waals surface area contributed by atoms with E-state index in [4.69, 9.17) is 0 Å². The number of nitrogens with zero attached hydrogens (tertiary/aromatic N) is 3. The maximum atomic E-state index is 11.8. The van der Waals surface area contributed by atoms with Crippen LogP contribution in [0, 0.1) is 13.8 Å². The molecule has 0 spiro atoms. The molecule has 0 aliphatic carbocycles. The van der Waals surface area contributed by atoms with Crippen molar-refractivity contribution >= 4 is 23.7 Å². The largest absolute Gasteiger partial charge is 0.338 e. The Morgan fingerprint density at radius 2 is 1.87 bits per heavy atom. The lowest BCUT2D eigenvalue weighted by molar-refractivity contribution is -0.117. The van der Waals surface area contributed by atoms with Gasteiger partial charge in [-0.2, -0.15) is 0 Å². The molecule has 0 aliphatic rings. The van der Waals surface area contributed by atoms with E-state index >= 15 is 0 Å². The molecule has 122 valence electrons. The summed E-state index contributed by atoms with van der Waals surface area (Å²) < 4.78 is 1.88. The van der Waals surface area contributed by atoms with Gasteiger partial charge < -0.3 is 5.32 Å². The van der Waals surface area contributed by atoms with Crippen LogP contribution in [0.2, 0.25) is 0 Å². The zero-order valence-corrected chi connectivity index (χ0v) is 14.1. The normalized spacial score (nSPS) is 10.4. The highest BCUT2D eigenvalue weighted by molar-refractivity contribution is 7.99. The monoisotopic (exact) mass is 333 g/mol. The number of amides is 3. The van der Waals surface area contributed by atoms with Crippen molar-refractivity contribution in [2.24, 2.45) is 0 Å². The van der Waals surface area contributed by atoms with E-state index in [1.807, 2.05) is 42.7 Å². The lowest BCUT2D eigenvalue weighted by Gasteiger charge is -2.09. The molecular weight excluding hydrogens is 314 g/mol. The minimum atomic E-state index is -0.491. The highest BCUT2D eigenvalue weighted by Crippen LogP contribution is 2.21. The van der Waals surface area contributed by atoms with Gasteiger partial charge in [-0.25, -0.2) is 4.79 Å². The number of hydrogen-bond acceptors (Lipinski definition) is 5. The summed E-state index contributed by atoms with van der Waals surface area (Å²) in [5, 5.41) is 13.5. The second kappa shape index (κ2) is 7.77. The molecule has 0 saturated carbocycles. The van der Waals surface area contributed by atoms with Crippen LogP contribution in [-0.4, -0.2) is 39.0 Å². The molecule has 0 unspecified atom stereocenters. The van der Waals surface area contributed by atoms with Crippen LogP contribution in [0.25, 0.3) is 5.69 Å². The minimum absolute atomic E-state index is 0.0845. The molecule has 23 heavy (non-hydrogen) atoms. The molecule has 2 rings (SSSR count). The topological polar surface area (TPSA) is 88.9 Å². The third-order valence-electron chi connectivity index (χ3n) is 3.01. The SMILES string of the molecule is CCNC(=O)NC(=O)CSc1nnc(C)n1-c1ccc(C)cc1. The number of rotatable bonds is 5. The molecule has 7 nitrogen and oxygen atoms in total. The van der Waals surface area contributed by atoms with E-state index in [-0.39, 0.29) is 11.7 Å². The Labute approximate surface area is 138 Å². The van der Waals surface area contributed by atoms with Crippen molar-refractivity contribution in [2.45, 2.75) is 25.9 Å². The van der Waals surface area contributed by atoms with Gasteiger partial charge in [-0.15, -0.1) is 10.2 Å². The van der Waals surface area contributed by atoms with Crippen molar-refractivity contribution in [3.8, 4) is 5.69 Å². The van der Waals surface area contributed by atoms with E-state index < -0.39 is 6.03 Å². The number of aromatic nitrogens is 3. The van der Waals surface area contributed by atoms with Crippen LogP contribution >= 0.6 is 11.8 Å². The zero-order valence-electron chi connectivity index (χ0n) is 13.3. The van der Waals surface area contributed by atoms with Gasteiger partial charge in [0.25, 0.3) is 0 Å². The van der Waals surface area contributed by atoms with E-state index in [0.29, 0.717) is 11.7 Å². The first kappa shape index (κ1) is 17.0. The average molecular weight is 333 g/mol. The highest BCUT2D eigenvalue weighted by Gasteiger charge is 2.14. The Bertz CT molecular complexity index is 696. The maximum absolute atomic E-state index is 11.8. The number of aryl methyl sites for hydroxylation is 2. The van der Waals surface area contributed by atoms with Crippen LogP contribution in [0.4, 0.5) is 4.79 Å². The van der Waals surface area contributed by atoms with Crippen LogP contribution < -0.4 is 10.6 Å². The number of imide groups is 1. The maximum Gasteiger partial charge on any atom is 0.321 e. The van der Waals surface area contributed by atoms with Gasteiger partial charge in [0.1, 0.15) is 5.82 Å². The smallest absolute Gasteiger partial charge is 0.321 e. The summed E-state index contributed by atoms with van der Waals surface area (Å²) in [7, 11) is 0. The molecule has 3 amide bonds. The standard InChI is InChI=1S/C15H19N5O2S/c1-4-16-14(22)17-13(21)9-23-15-19-18-11(3)20(15)12-7-5-10(2)6-8-12/h5-8H,4,9H2,1-3H3,(H2,16,17,21,22). The molecule has 8 heteroatoms. The van der Waals surface area contributed by atoms with E-state index in [9.17, 15) is 9.59 Å². The molecule has 1 heterocycles. The predicted octanol–water partition coefficient (Wildman–Crippen LogP) is 1.82. The Hall–Kier alpha value is -2.35. The fraction of sp³-hybridized carbons (Fsp3) is 0.333. The number of hydrogen-bond donors (Lipinski definition) is 2. The van der Waals surface area contributed by atoms with Crippen molar-refractivity contribution in [1.82, 2.24) is 25.4 Å². The predicted molar refractivity (Wildman–Crippen MR) is 88.8 cm³/mol. The van der Waals surface area contributed by atoms with E-state index in [1.54, 1.807) is 6.92 Å². The average Bonchev–Trinajstić information content (AvgIpc) is 2.87. The lowest BCUT2D eigenvalue weighted by Crippen LogP contribution is -2.40. The van der Waals surface area contributed by atoms with Crippen molar-refractivity contribution in [3.63, 3.8) is 0 Å². The van der Waals surface area contributed by atoms with Crippen LogP contribution in [0.1, 0.15) is 18.3 Å². The summed E-state index contributed by atoms with van der Waals surface area (Å²) in [5.74, 6) is 0.443. The summed E-state index contributed by atoms with van der Waals surface area (Å²) in [6.07, 6.45) is 0. The summed E-state index contributed by atoms with van der Waals surface area (Å²) >= 11 is 1.23. The van der Waals surface area contributed by atoms with Crippen molar-refractivity contribution in [2.75, 3.05) is 12.3 Å². The van der Waals surface area contributed by atoms with Crippen molar-refractivity contribution in [3.05, 3.63) is 35.7 Å². The second-order valence-corrected chi connectivity index (χ2v) is 5.84. The summed E-state index contributed by atoms with van der Waals surface area (Å²) in [5.41, 5.74) is 2.10. The summed E-state index contributed by atoms with van der Waals surface area (Å²) in [6, 6.07) is 7.47. The molecule has 0 atom stereocenters. The third kappa shape index (κ3) is 4.56. The van der Waals surface area contributed by atoms with Gasteiger partial charge in [-0.1, -0.05) is 29.5 Å². The van der Waals surface area contributed by atoms with E-state index in [1.165, 1.54) is 11.8 Å². The van der Waals surface area contributed by atoms with Gasteiger partial charge in [-0.3, -0.25) is 14.7 Å². The number of carbonyl (C=O) groups excluding carboxylic acids is 2. The Kier molecular flexibility index (Phi) is 5.75. The molecular formula is C15H19N5O2S. The molecule has 0 fully saturated rings. The molecule has 0 bridgehead atoms. The highest BCUT2D eigenvalue weighted by atomic mass is 32.2. The first-order valence-corrected chi connectivity index (χ1v) is 8.19. The quantitative estimate of drug-likeness (QED) is 0.815. The second-order valence-electron chi connectivity index (χ2n) is 4.90. The van der Waals surface area contributed by atoms with Gasteiger partial charge in [0.15, 0.2) is 5.16 Å². The molecule has 0 radical (unpaired) electrons. The van der Waals surface area contributed by atoms with Gasteiger partial charge in [0.05, 0.1) is 5.75 Å². The third-order valence-corrected chi connectivity index (χ3v) is 3.94. The summed E-state index contributed by atoms with van der Waals surface area (Å²) in [4.78, 5) is 23.1. The van der Waals surface area contributed by atoms with Crippen LogP contribution in [0.3, 0.4) is 0 Å². The molecule has 0 saturated heterocycles. The van der Waals surface area contributed by atoms with Gasteiger partial charge in [-0.05, 0) is 32.9 Å². The number of nitrogens with one attached hydrogen (secondary N) is 2. The molecule has 2 aromatic rings. The number of thioether (sulfide) groups is 1. The first-order chi connectivity index (χ1) is 11.0. The van der Waals surface area contributed by atoms with E-state index in [2.05, 4.69) is 20.8 Å². The fourth-order valence-electron chi connectivity index (χ4n) is 1.93. The van der Waals surface area contributed by atoms with Crippen molar-refractivity contribution < 1.29 is 9.59 Å². The van der Waals surface area contributed by atoms with E-state index in [0.717, 1.165) is 17.1 Å². The zero-order chi connectivity index (χ0) is 16.8. The number of carbonyl (C=O) groups is 2. The molecule has 1 aromatic heterocycles. The Morgan fingerprint density at radius 1 is 1.17 bits per heavy atom. The number of urea groups is 1. The minimum Gasteiger partial charge on any atom is -0.338 e. The van der Waals surface area contributed by atoms with Crippen molar-refractivity contribution in [1.29, 1.82) is 0 Å². The molecule has 0 aliphatic heterocycles. The van der Waals surface area contributed by atoms with Gasteiger partial charge in [0, 0.05) is 12.2 Å². The molecule has 2 N–H and O–H groups in total. The van der Waals surface area contributed by atoms with Crippen LogP contribution in [0.5, 0.6) is 0 Å². The fourth-order valence-corrected chi connectivity index (χ4v) is 2.72.